The maximum Gasteiger partial charge on any atom is 0.319 e. The van der Waals surface area contributed by atoms with Gasteiger partial charge in [-0.1, -0.05) is 34.1 Å². The number of sulfonamides is 1. The zero-order valence-corrected chi connectivity index (χ0v) is 20.6. The summed E-state index contributed by atoms with van der Waals surface area (Å²) in [7, 11) is -3.79. The van der Waals surface area contributed by atoms with Gasteiger partial charge in [-0.15, -0.1) is 0 Å². The molecule has 2 atom stereocenters. The van der Waals surface area contributed by atoms with Crippen molar-refractivity contribution in [2.75, 3.05) is 18.4 Å². The molecule has 11 heteroatoms. The number of carbonyl (C=O) groups excluding carboxylic acids is 1. The number of nitrogens with zero attached hydrogens (tertiary/aromatic N) is 2. The number of urea groups is 1. The van der Waals surface area contributed by atoms with E-state index in [-0.39, 0.29) is 30.1 Å². The lowest BCUT2D eigenvalue weighted by Crippen LogP contribution is -2.39. The normalized spacial score (nSPS) is 18.5. The maximum atomic E-state index is 12.8. The van der Waals surface area contributed by atoms with Crippen molar-refractivity contribution < 1.29 is 13.2 Å². The van der Waals surface area contributed by atoms with E-state index >= 15 is 0 Å². The number of carbonyl (C=O) groups is 1. The largest absolute Gasteiger partial charge is 0.336 e. The molecule has 0 radical (unpaired) electrons. The SMILES string of the molecule is Cc1ccccc1NC(=O)NCC1CC(NS(=O)(=O)c2cc(Br)ccc2Br)CN1C#N. The van der Waals surface area contributed by atoms with Gasteiger partial charge in [0.1, 0.15) is 0 Å². The Morgan fingerprint density at radius 2 is 2.00 bits per heavy atom. The molecule has 164 valence electrons. The smallest absolute Gasteiger partial charge is 0.319 e. The molecule has 1 saturated heterocycles. The van der Waals surface area contributed by atoms with Crippen LogP contribution in [0.1, 0.15) is 12.0 Å². The van der Waals surface area contributed by atoms with Gasteiger partial charge in [0.25, 0.3) is 0 Å². The van der Waals surface area contributed by atoms with Gasteiger partial charge < -0.3 is 15.5 Å². The Bertz CT molecular complexity index is 1120. The van der Waals surface area contributed by atoms with E-state index in [2.05, 4.69) is 53.4 Å². The summed E-state index contributed by atoms with van der Waals surface area (Å²) < 4.78 is 29.4. The van der Waals surface area contributed by atoms with Crippen LogP contribution in [0, 0.1) is 18.4 Å². The van der Waals surface area contributed by atoms with E-state index in [1.807, 2.05) is 25.1 Å². The van der Waals surface area contributed by atoms with Crippen molar-refractivity contribution in [1.82, 2.24) is 14.9 Å². The molecule has 0 aromatic heterocycles. The molecule has 1 aliphatic rings. The van der Waals surface area contributed by atoms with Crippen LogP contribution in [0.2, 0.25) is 0 Å². The number of aryl methyl sites for hydroxylation is 1. The fourth-order valence-corrected chi connectivity index (χ4v) is 6.12. The van der Waals surface area contributed by atoms with E-state index < -0.39 is 16.1 Å². The standard InChI is InChI=1S/C20H21Br2N5O3S/c1-13-4-2-3-5-18(13)25-20(28)24-10-16-9-15(11-27(16)12-23)26-31(29,30)19-8-14(21)6-7-17(19)22/h2-8,15-16,26H,9-11H2,1H3,(H2,24,25,28). The minimum absolute atomic E-state index is 0.115. The summed E-state index contributed by atoms with van der Waals surface area (Å²) in [6, 6.07) is 11.2. The van der Waals surface area contributed by atoms with Crippen molar-refractivity contribution in [1.29, 1.82) is 5.26 Å². The molecule has 2 aromatic carbocycles. The number of hydrogen-bond donors (Lipinski definition) is 3. The minimum atomic E-state index is -3.79. The highest BCUT2D eigenvalue weighted by atomic mass is 79.9. The van der Waals surface area contributed by atoms with Gasteiger partial charge >= 0.3 is 6.03 Å². The molecule has 3 N–H and O–H groups in total. The number of rotatable bonds is 6. The van der Waals surface area contributed by atoms with Crippen LogP contribution in [0.3, 0.4) is 0 Å². The number of hydrogen-bond acceptors (Lipinski definition) is 5. The number of nitriles is 1. The second-order valence-corrected chi connectivity index (χ2v) is 10.6. The van der Waals surface area contributed by atoms with Gasteiger partial charge in [0.05, 0.1) is 10.9 Å². The van der Waals surface area contributed by atoms with Crippen LogP contribution >= 0.6 is 31.9 Å². The summed E-state index contributed by atoms with van der Waals surface area (Å²) >= 11 is 6.55. The molecule has 0 aliphatic carbocycles. The van der Waals surface area contributed by atoms with E-state index in [1.165, 1.54) is 11.0 Å². The van der Waals surface area contributed by atoms with Crippen LogP contribution in [-0.2, 0) is 10.0 Å². The number of halogens is 2. The molecule has 3 rings (SSSR count). The predicted octanol–water partition coefficient (Wildman–Crippen LogP) is 3.54. The van der Waals surface area contributed by atoms with Crippen LogP contribution in [-0.4, -0.2) is 44.5 Å². The fourth-order valence-electron chi connectivity index (χ4n) is 3.37. The van der Waals surface area contributed by atoms with Crippen molar-refractivity contribution in [3.05, 3.63) is 57.0 Å². The Hall–Kier alpha value is -2.13. The van der Waals surface area contributed by atoms with Crippen LogP contribution < -0.4 is 15.4 Å². The number of amides is 2. The molecule has 8 nitrogen and oxygen atoms in total. The topological polar surface area (TPSA) is 114 Å². The van der Waals surface area contributed by atoms with Crippen LogP contribution in [0.4, 0.5) is 10.5 Å². The molecule has 1 aliphatic heterocycles. The molecule has 2 amide bonds. The highest BCUT2D eigenvalue weighted by Gasteiger charge is 2.35. The second-order valence-electron chi connectivity index (χ2n) is 7.18. The van der Waals surface area contributed by atoms with Crippen molar-refractivity contribution in [2.24, 2.45) is 0 Å². The van der Waals surface area contributed by atoms with E-state index in [1.54, 1.807) is 18.2 Å². The Labute approximate surface area is 198 Å². The molecule has 2 aromatic rings. The average molecular weight is 571 g/mol. The summed E-state index contributed by atoms with van der Waals surface area (Å²) in [4.78, 5) is 13.8. The number of anilines is 1. The lowest BCUT2D eigenvalue weighted by atomic mass is 10.2. The third kappa shape index (κ3) is 5.98. The van der Waals surface area contributed by atoms with Crippen molar-refractivity contribution in [3.8, 4) is 6.19 Å². The molecule has 1 fully saturated rings. The summed E-state index contributed by atoms with van der Waals surface area (Å²) in [6.07, 6.45) is 2.47. The highest BCUT2D eigenvalue weighted by molar-refractivity contribution is 9.11. The molecule has 31 heavy (non-hydrogen) atoms. The van der Waals surface area contributed by atoms with Crippen molar-refractivity contribution in [2.45, 2.75) is 30.3 Å². The van der Waals surface area contributed by atoms with Gasteiger partial charge in [0.2, 0.25) is 10.0 Å². The third-order valence-corrected chi connectivity index (χ3v) is 7.95. The third-order valence-electron chi connectivity index (χ3n) is 4.94. The second kappa shape index (κ2) is 9.99. The van der Waals surface area contributed by atoms with E-state index in [4.69, 9.17) is 0 Å². The zero-order chi connectivity index (χ0) is 22.6. The van der Waals surface area contributed by atoms with Crippen molar-refractivity contribution in [3.63, 3.8) is 0 Å². The van der Waals surface area contributed by atoms with Gasteiger partial charge in [-0.25, -0.2) is 17.9 Å². The lowest BCUT2D eigenvalue weighted by Gasteiger charge is -2.18. The molecule has 0 bridgehead atoms. The fraction of sp³-hybridized carbons (Fsp3) is 0.300. The van der Waals surface area contributed by atoms with Crippen molar-refractivity contribution >= 4 is 53.6 Å². The first-order chi connectivity index (χ1) is 14.7. The monoisotopic (exact) mass is 569 g/mol. The van der Waals surface area contributed by atoms with Gasteiger partial charge in [-0.3, -0.25) is 0 Å². The van der Waals surface area contributed by atoms with E-state index in [9.17, 15) is 18.5 Å². The van der Waals surface area contributed by atoms with Crippen LogP contribution in [0.5, 0.6) is 0 Å². The first-order valence-corrected chi connectivity index (χ1v) is 12.5. The quantitative estimate of drug-likeness (QED) is 0.460. The van der Waals surface area contributed by atoms with Gasteiger partial charge in [0.15, 0.2) is 6.19 Å². The number of likely N-dealkylation sites (tertiary alicyclic amines) is 1. The first kappa shape index (κ1) is 23.5. The van der Waals surface area contributed by atoms with Crippen LogP contribution in [0.15, 0.2) is 56.3 Å². The Morgan fingerprint density at radius 3 is 2.71 bits per heavy atom. The summed E-state index contributed by atoms with van der Waals surface area (Å²) in [5.74, 6) is 0. The molecule has 0 saturated carbocycles. The zero-order valence-electron chi connectivity index (χ0n) is 16.6. The molecular weight excluding hydrogens is 550 g/mol. The minimum Gasteiger partial charge on any atom is -0.336 e. The summed E-state index contributed by atoms with van der Waals surface area (Å²) in [5.41, 5.74) is 1.64. The predicted molar refractivity (Wildman–Crippen MR) is 125 cm³/mol. The molecular formula is C20H21Br2N5O3S. The highest BCUT2D eigenvalue weighted by Crippen LogP contribution is 2.27. The van der Waals surface area contributed by atoms with Gasteiger partial charge in [0, 0.05) is 33.8 Å². The summed E-state index contributed by atoms with van der Waals surface area (Å²) in [5, 5.41) is 15.0. The average Bonchev–Trinajstić information content (AvgIpc) is 3.11. The number of para-hydroxylation sites is 1. The number of nitrogens with one attached hydrogen (secondary N) is 3. The van der Waals surface area contributed by atoms with Gasteiger partial charge in [-0.2, -0.15) is 5.26 Å². The molecule has 1 heterocycles. The Kier molecular flexibility index (Phi) is 7.59. The maximum absolute atomic E-state index is 12.8. The van der Waals surface area contributed by atoms with E-state index in [0.717, 1.165) is 5.56 Å². The molecule has 2 unspecified atom stereocenters. The Morgan fingerprint density at radius 1 is 1.26 bits per heavy atom. The lowest BCUT2D eigenvalue weighted by molar-refractivity contribution is 0.248. The molecule has 0 spiro atoms. The van der Waals surface area contributed by atoms with Gasteiger partial charge in [-0.05, 0) is 59.1 Å². The summed E-state index contributed by atoms with van der Waals surface area (Å²) in [6.45, 7) is 2.33. The Balaban J connectivity index is 1.60. The van der Waals surface area contributed by atoms with Crippen LogP contribution in [0.25, 0.3) is 0 Å². The first-order valence-electron chi connectivity index (χ1n) is 9.44. The number of benzene rings is 2. The van der Waals surface area contributed by atoms with E-state index in [0.29, 0.717) is 21.1 Å².